The predicted octanol–water partition coefficient (Wildman–Crippen LogP) is 0.243. The van der Waals surface area contributed by atoms with Crippen LogP contribution in [0.3, 0.4) is 0 Å². The van der Waals surface area contributed by atoms with Crippen molar-refractivity contribution < 1.29 is 9.59 Å². The molecule has 1 saturated carbocycles. The molecule has 144 valence electrons. The molecule has 8 heteroatoms. The molecule has 3 rings (SSSR count). The first kappa shape index (κ1) is 18.8. The second-order valence-electron chi connectivity index (χ2n) is 7.62. The van der Waals surface area contributed by atoms with Gasteiger partial charge in [0.05, 0.1) is 0 Å². The zero-order valence-corrected chi connectivity index (χ0v) is 15.8. The fourth-order valence-corrected chi connectivity index (χ4v) is 3.74. The van der Waals surface area contributed by atoms with Gasteiger partial charge in [-0.1, -0.05) is 0 Å². The molecule has 0 bridgehead atoms. The second-order valence-corrected chi connectivity index (χ2v) is 7.62. The molecule has 2 atom stereocenters. The average Bonchev–Trinajstić information content (AvgIpc) is 3.21. The Morgan fingerprint density at radius 2 is 1.96 bits per heavy atom. The highest BCUT2D eigenvalue weighted by atomic mass is 16.2. The molecule has 1 aliphatic carbocycles. The van der Waals surface area contributed by atoms with Crippen LogP contribution < -0.4 is 10.6 Å². The molecule has 1 aromatic heterocycles. The van der Waals surface area contributed by atoms with Crippen LogP contribution in [-0.4, -0.2) is 63.2 Å². The van der Waals surface area contributed by atoms with E-state index in [4.69, 9.17) is 0 Å². The van der Waals surface area contributed by atoms with Gasteiger partial charge in [-0.05, 0) is 31.6 Å². The van der Waals surface area contributed by atoms with E-state index in [-0.39, 0.29) is 17.9 Å². The molecule has 0 radical (unpaired) electrons. The molecule has 2 fully saturated rings. The summed E-state index contributed by atoms with van der Waals surface area (Å²) in [6.07, 6.45) is 7.53. The first-order valence-electron chi connectivity index (χ1n) is 9.62. The minimum atomic E-state index is 0.0151. The van der Waals surface area contributed by atoms with E-state index in [1.807, 2.05) is 11.6 Å². The van der Waals surface area contributed by atoms with Gasteiger partial charge in [0.15, 0.2) is 0 Å². The minimum Gasteiger partial charge on any atom is -0.356 e. The molecule has 0 unspecified atom stereocenters. The largest absolute Gasteiger partial charge is 0.356 e. The Morgan fingerprint density at radius 1 is 1.19 bits per heavy atom. The molecular weight excluding hydrogens is 332 g/mol. The maximum atomic E-state index is 12.4. The zero-order valence-electron chi connectivity index (χ0n) is 15.8. The third-order valence-corrected chi connectivity index (χ3v) is 5.42. The van der Waals surface area contributed by atoms with Crippen LogP contribution in [0.15, 0.2) is 6.33 Å². The van der Waals surface area contributed by atoms with Crippen LogP contribution in [0, 0.1) is 5.92 Å². The van der Waals surface area contributed by atoms with Gasteiger partial charge in [0, 0.05) is 58.5 Å². The third-order valence-electron chi connectivity index (χ3n) is 5.42. The highest BCUT2D eigenvalue weighted by Crippen LogP contribution is 2.35. The molecule has 0 spiro atoms. The Morgan fingerprint density at radius 3 is 2.62 bits per heavy atom. The molecule has 2 amide bonds. The van der Waals surface area contributed by atoms with Gasteiger partial charge in [0.25, 0.3) is 0 Å². The van der Waals surface area contributed by atoms with E-state index in [0.29, 0.717) is 32.0 Å². The number of aromatic nitrogens is 3. The Balaban J connectivity index is 1.46. The van der Waals surface area contributed by atoms with Crippen LogP contribution in [0.4, 0.5) is 0 Å². The highest BCUT2D eigenvalue weighted by molar-refractivity contribution is 5.76. The number of amides is 2. The van der Waals surface area contributed by atoms with Crippen molar-refractivity contribution >= 4 is 11.8 Å². The van der Waals surface area contributed by atoms with Crippen molar-refractivity contribution in [3.05, 3.63) is 12.2 Å². The number of aryl methyl sites for hydroxylation is 1. The van der Waals surface area contributed by atoms with E-state index in [0.717, 1.165) is 31.1 Å². The van der Waals surface area contributed by atoms with E-state index in [9.17, 15) is 9.59 Å². The minimum absolute atomic E-state index is 0.0151. The fraction of sp³-hybridized carbons (Fsp3) is 0.778. The van der Waals surface area contributed by atoms with Crippen molar-refractivity contribution in [2.45, 2.75) is 57.5 Å². The van der Waals surface area contributed by atoms with Crippen LogP contribution in [0.25, 0.3) is 0 Å². The summed E-state index contributed by atoms with van der Waals surface area (Å²) in [7, 11) is 1.90. The van der Waals surface area contributed by atoms with Crippen LogP contribution in [0.2, 0.25) is 0 Å². The molecule has 26 heavy (non-hydrogen) atoms. The Labute approximate surface area is 154 Å². The van der Waals surface area contributed by atoms with Crippen molar-refractivity contribution in [1.82, 2.24) is 30.3 Å². The van der Waals surface area contributed by atoms with Crippen LogP contribution in [-0.2, 0) is 23.1 Å². The smallest absolute Gasteiger partial charge is 0.221 e. The van der Waals surface area contributed by atoms with Gasteiger partial charge in [-0.25, -0.2) is 0 Å². The molecule has 0 aromatic carbocycles. The van der Waals surface area contributed by atoms with Crippen molar-refractivity contribution in [3.8, 4) is 0 Å². The maximum absolute atomic E-state index is 12.4. The van der Waals surface area contributed by atoms with Crippen molar-refractivity contribution in [2.75, 3.05) is 19.6 Å². The molecule has 2 heterocycles. The van der Waals surface area contributed by atoms with Gasteiger partial charge in [0.2, 0.25) is 11.8 Å². The molecular formula is C18H30N6O2. The van der Waals surface area contributed by atoms with Gasteiger partial charge in [-0.15, -0.1) is 10.2 Å². The lowest BCUT2D eigenvalue weighted by atomic mass is 10.1. The lowest BCUT2D eigenvalue weighted by Crippen LogP contribution is -2.45. The fourth-order valence-electron chi connectivity index (χ4n) is 3.74. The van der Waals surface area contributed by atoms with Gasteiger partial charge >= 0.3 is 0 Å². The average molecular weight is 362 g/mol. The third kappa shape index (κ3) is 5.27. The number of hydrogen-bond acceptors (Lipinski definition) is 5. The van der Waals surface area contributed by atoms with Crippen LogP contribution in [0.1, 0.15) is 44.9 Å². The number of nitrogens with one attached hydrogen (secondary N) is 2. The molecule has 1 aliphatic heterocycles. The normalized spacial score (nSPS) is 23.2. The predicted molar refractivity (Wildman–Crippen MR) is 97.3 cm³/mol. The van der Waals surface area contributed by atoms with E-state index in [1.165, 1.54) is 12.8 Å². The first-order chi connectivity index (χ1) is 12.5. The topological polar surface area (TPSA) is 92.1 Å². The summed E-state index contributed by atoms with van der Waals surface area (Å²) in [6.45, 7) is 3.88. The summed E-state index contributed by atoms with van der Waals surface area (Å²) in [5.41, 5.74) is 0. The number of carbonyl (C=O) groups excluding carboxylic acids is 2. The van der Waals surface area contributed by atoms with Crippen LogP contribution >= 0.6 is 0 Å². The van der Waals surface area contributed by atoms with Crippen LogP contribution in [0.5, 0.6) is 0 Å². The summed E-state index contributed by atoms with van der Waals surface area (Å²) in [5.74, 6) is 1.76. The van der Waals surface area contributed by atoms with Crippen molar-refractivity contribution in [1.29, 1.82) is 0 Å². The molecule has 8 nitrogen and oxygen atoms in total. The summed E-state index contributed by atoms with van der Waals surface area (Å²) in [4.78, 5) is 26.1. The second kappa shape index (κ2) is 8.62. The van der Waals surface area contributed by atoms with E-state index >= 15 is 0 Å². The van der Waals surface area contributed by atoms with Crippen molar-refractivity contribution in [2.24, 2.45) is 13.0 Å². The number of carbonyl (C=O) groups is 2. The SMILES string of the molecule is CC(=O)NC[C@H]1CC[C@@H](CC(=O)NCCc2nncn2C)N1CC1CC1. The number of nitrogens with zero attached hydrogens (tertiary/aromatic N) is 4. The molecule has 2 aliphatic rings. The highest BCUT2D eigenvalue weighted by Gasteiger charge is 2.37. The number of rotatable bonds is 9. The summed E-state index contributed by atoms with van der Waals surface area (Å²) >= 11 is 0. The lowest BCUT2D eigenvalue weighted by molar-refractivity contribution is -0.122. The van der Waals surface area contributed by atoms with Gasteiger partial charge in [-0.3, -0.25) is 14.5 Å². The molecule has 1 aromatic rings. The quantitative estimate of drug-likeness (QED) is 0.657. The summed E-state index contributed by atoms with van der Waals surface area (Å²) < 4.78 is 1.87. The first-order valence-corrected chi connectivity index (χ1v) is 9.62. The van der Waals surface area contributed by atoms with Crippen molar-refractivity contribution in [3.63, 3.8) is 0 Å². The van der Waals surface area contributed by atoms with Gasteiger partial charge < -0.3 is 15.2 Å². The van der Waals surface area contributed by atoms with Gasteiger partial charge in [-0.2, -0.15) is 0 Å². The maximum Gasteiger partial charge on any atom is 0.221 e. The standard InChI is InChI=1S/C18H30N6O2/c1-13(25)20-10-16-6-5-15(24(16)11-14-3-4-14)9-18(26)19-8-7-17-22-21-12-23(17)2/h12,14-16H,3-11H2,1-2H3,(H,19,26)(H,20,25)/t15-,16+/m0/s1. The number of likely N-dealkylation sites (tertiary alicyclic amines) is 1. The monoisotopic (exact) mass is 362 g/mol. The summed E-state index contributed by atoms with van der Waals surface area (Å²) in [5, 5.41) is 13.8. The molecule has 2 N–H and O–H groups in total. The zero-order chi connectivity index (χ0) is 18.5. The Kier molecular flexibility index (Phi) is 6.24. The van der Waals surface area contributed by atoms with E-state index in [1.54, 1.807) is 13.3 Å². The number of hydrogen-bond donors (Lipinski definition) is 2. The molecule has 1 saturated heterocycles. The summed E-state index contributed by atoms with van der Waals surface area (Å²) in [6, 6.07) is 0.639. The Bertz CT molecular complexity index is 627. The lowest BCUT2D eigenvalue weighted by Gasteiger charge is -2.30. The Hall–Kier alpha value is -1.96. The van der Waals surface area contributed by atoms with E-state index < -0.39 is 0 Å². The van der Waals surface area contributed by atoms with E-state index in [2.05, 4.69) is 25.7 Å². The van der Waals surface area contributed by atoms with Gasteiger partial charge in [0.1, 0.15) is 12.2 Å².